The number of anilines is 1. The third-order valence-electron chi connectivity index (χ3n) is 7.66. The summed E-state index contributed by atoms with van der Waals surface area (Å²) in [5, 5.41) is 22.6. The number of amides is 3. The number of nitriles is 1. The van der Waals surface area contributed by atoms with Gasteiger partial charge in [-0.3, -0.25) is 9.48 Å². The van der Waals surface area contributed by atoms with E-state index in [1.165, 1.54) is 0 Å². The fraction of sp³-hybridized carbons (Fsp3) is 0.357. The van der Waals surface area contributed by atoms with Crippen molar-refractivity contribution < 1.29 is 22.8 Å². The van der Waals surface area contributed by atoms with Crippen molar-refractivity contribution in [3.63, 3.8) is 0 Å². The average Bonchev–Trinajstić information content (AvgIpc) is 3.42. The van der Waals surface area contributed by atoms with E-state index in [0.29, 0.717) is 48.5 Å². The number of rotatable bonds is 6. The molecule has 2 N–H and O–H groups in total. The zero-order chi connectivity index (χ0) is 29.5. The zero-order valence-corrected chi connectivity index (χ0v) is 22.3. The highest BCUT2D eigenvalue weighted by atomic mass is 19.4. The molecular weight excluding hydrogens is 551 g/mol. The van der Waals surface area contributed by atoms with Crippen molar-refractivity contribution >= 4 is 23.3 Å². The lowest BCUT2D eigenvalue weighted by Gasteiger charge is -2.33. The molecule has 2 fully saturated rings. The van der Waals surface area contributed by atoms with E-state index in [-0.39, 0.29) is 11.9 Å². The van der Waals surface area contributed by atoms with Crippen molar-refractivity contribution in [3.05, 3.63) is 55.1 Å². The summed E-state index contributed by atoms with van der Waals surface area (Å²) in [6.07, 6.45) is 5.36. The lowest BCUT2D eigenvalue weighted by atomic mass is 10.0. The Morgan fingerprint density at radius 1 is 1.05 bits per heavy atom. The normalized spacial score (nSPS) is 16.7. The van der Waals surface area contributed by atoms with Crippen molar-refractivity contribution in [3.8, 4) is 28.5 Å². The second-order valence-electron chi connectivity index (χ2n) is 10.6. The largest absolute Gasteiger partial charge is 0.405 e. The van der Waals surface area contributed by atoms with Crippen LogP contribution in [0.3, 0.4) is 0 Å². The van der Waals surface area contributed by atoms with Crippen LogP contribution in [0.5, 0.6) is 0 Å². The summed E-state index contributed by atoms with van der Waals surface area (Å²) in [6.45, 7) is -0.232. The van der Waals surface area contributed by atoms with E-state index in [9.17, 15) is 28.0 Å². The summed E-state index contributed by atoms with van der Waals surface area (Å²) >= 11 is 0. The number of nitrogens with zero attached hydrogens (tertiary/aromatic N) is 7. The van der Waals surface area contributed by atoms with Crippen LogP contribution in [-0.2, 0) is 4.79 Å². The molecule has 3 aromatic heterocycles. The maximum atomic E-state index is 12.7. The Labute approximate surface area is 237 Å². The summed E-state index contributed by atoms with van der Waals surface area (Å²) in [5.41, 5.74) is 3.09. The first kappa shape index (κ1) is 27.3. The number of hydrogen-bond acceptors (Lipinski definition) is 6. The van der Waals surface area contributed by atoms with Gasteiger partial charge < -0.3 is 15.5 Å². The Bertz CT molecular complexity index is 1690. The molecule has 0 unspecified atom stereocenters. The standard InChI is InChI=1S/C28H26F3N9O2/c29-28(30,31)17-34-26(42)37-21-3-1-2-18(10-21)23-14-33-24-11-19(12-36-40(23)24)20-13-35-39(15-20)22-4-8-38(9-5-22)25(41)27(16-32)6-7-27/h1-3,10-15,22H,4-9,17H2,(H2,34,37,42). The van der Waals surface area contributed by atoms with Crippen molar-refractivity contribution in [2.24, 2.45) is 5.41 Å². The molecule has 42 heavy (non-hydrogen) atoms. The Balaban J connectivity index is 1.13. The van der Waals surface area contributed by atoms with Crippen LogP contribution >= 0.6 is 0 Å². The fourth-order valence-corrected chi connectivity index (χ4v) is 5.16. The van der Waals surface area contributed by atoms with Crippen molar-refractivity contribution in [1.82, 2.24) is 34.6 Å². The molecule has 0 radical (unpaired) electrons. The molecule has 11 nitrogen and oxygen atoms in total. The highest BCUT2D eigenvalue weighted by Crippen LogP contribution is 2.47. The number of hydrogen-bond donors (Lipinski definition) is 2. The van der Waals surface area contributed by atoms with Gasteiger partial charge in [-0.25, -0.2) is 14.3 Å². The zero-order valence-electron chi connectivity index (χ0n) is 22.3. The number of benzene rings is 1. The van der Waals surface area contributed by atoms with Crippen LogP contribution in [-0.4, -0.2) is 67.0 Å². The molecule has 0 atom stereocenters. The van der Waals surface area contributed by atoms with Gasteiger partial charge in [0.05, 0.1) is 36.4 Å². The van der Waals surface area contributed by atoms with Gasteiger partial charge >= 0.3 is 12.2 Å². The number of likely N-dealkylation sites (tertiary alicyclic amines) is 1. The smallest absolute Gasteiger partial charge is 0.341 e. The van der Waals surface area contributed by atoms with Gasteiger partial charge in [-0.15, -0.1) is 0 Å². The third-order valence-corrected chi connectivity index (χ3v) is 7.66. The minimum atomic E-state index is -4.50. The van der Waals surface area contributed by atoms with Crippen molar-refractivity contribution in [2.75, 3.05) is 25.0 Å². The summed E-state index contributed by atoms with van der Waals surface area (Å²) in [5.74, 6) is -0.0440. The van der Waals surface area contributed by atoms with Crippen LogP contribution in [0.4, 0.5) is 23.7 Å². The first-order valence-corrected chi connectivity index (χ1v) is 13.5. The van der Waals surface area contributed by atoms with Crippen LogP contribution in [0, 0.1) is 16.7 Å². The molecule has 1 aliphatic carbocycles. The molecule has 0 bridgehead atoms. The summed E-state index contributed by atoms with van der Waals surface area (Å²) in [6, 6.07) is 9.89. The number of piperidine rings is 1. The fourth-order valence-electron chi connectivity index (χ4n) is 5.16. The minimum Gasteiger partial charge on any atom is -0.341 e. The highest BCUT2D eigenvalue weighted by molar-refractivity contribution is 5.90. The Morgan fingerprint density at radius 3 is 2.52 bits per heavy atom. The monoisotopic (exact) mass is 577 g/mol. The second-order valence-corrected chi connectivity index (χ2v) is 10.6. The number of halogens is 3. The van der Waals surface area contributed by atoms with E-state index in [1.807, 2.05) is 16.9 Å². The molecule has 2 aliphatic rings. The predicted molar refractivity (Wildman–Crippen MR) is 145 cm³/mol. The molecule has 4 aromatic rings. The maximum absolute atomic E-state index is 12.7. The number of aromatic nitrogens is 5. The van der Waals surface area contributed by atoms with Crippen LogP contribution in [0.25, 0.3) is 28.0 Å². The van der Waals surface area contributed by atoms with E-state index in [2.05, 4.69) is 26.6 Å². The summed E-state index contributed by atoms with van der Waals surface area (Å²) in [7, 11) is 0. The number of imidazole rings is 1. The van der Waals surface area contributed by atoms with E-state index in [1.54, 1.807) is 57.6 Å². The van der Waals surface area contributed by atoms with Crippen LogP contribution in [0.2, 0.25) is 0 Å². The molecule has 1 aliphatic heterocycles. The SMILES string of the molecule is N#CC1(C(=O)N2CCC(n3cc(-c4cnn5c(-c6cccc(NC(=O)NCC(F)(F)F)c6)cnc5c4)cn3)CC2)CC1. The van der Waals surface area contributed by atoms with Gasteiger partial charge in [0.1, 0.15) is 12.0 Å². The van der Waals surface area contributed by atoms with Gasteiger partial charge in [0.2, 0.25) is 5.91 Å². The second kappa shape index (κ2) is 10.5. The maximum Gasteiger partial charge on any atom is 0.405 e. The Kier molecular flexibility index (Phi) is 6.80. The molecule has 1 saturated carbocycles. The van der Waals surface area contributed by atoms with Gasteiger partial charge in [-0.05, 0) is 43.9 Å². The molecule has 1 saturated heterocycles. The Morgan fingerprint density at radius 2 is 1.81 bits per heavy atom. The Hall–Kier alpha value is -4.93. The van der Waals surface area contributed by atoms with Crippen LogP contribution < -0.4 is 10.6 Å². The summed E-state index contributed by atoms with van der Waals surface area (Å²) < 4.78 is 40.7. The van der Waals surface area contributed by atoms with Crippen molar-refractivity contribution in [1.29, 1.82) is 5.26 Å². The van der Waals surface area contributed by atoms with E-state index >= 15 is 0 Å². The summed E-state index contributed by atoms with van der Waals surface area (Å²) in [4.78, 5) is 30.8. The third kappa shape index (κ3) is 5.50. The molecular formula is C28H26F3N9O2. The topological polar surface area (TPSA) is 133 Å². The van der Waals surface area contributed by atoms with Crippen LogP contribution in [0.1, 0.15) is 31.7 Å². The molecule has 3 amide bonds. The quantitative estimate of drug-likeness (QED) is 0.349. The minimum absolute atomic E-state index is 0.0440. The molecule has 1 aromatic carbocycles. The van der Waals surface area contributed by atoms with E-state index in [0.717, 1.165) is 24.0 Å². The van der Waals surface area contributed by atoms with E-state index in [4.69, 9.17) is 0 Å². The molecule has 216 valence electrons. The van der Waals surface area contributed by atoms with Gasteiger partial charge in [-0.2, -0.15) is 28.6 Å². The molecule has 0 spiro atoms. The predicted octanol–water partition coefficient (Wildman–Crippen LogP) is 4.41. The average molecular weight is 578 g/mol. The van der Waals surface area contributed by atoms with Gasteiger partial charge in [0.15, 0.2) is 5.65 Å². The first-order chi connectivity index (χ1) is 20.1. The first-order valence-electron chi connectivity index (χ1n) is 13.5. The van der Waals surface area contributed by atoms with Crippen molar-refractivity contribution in [2.45, 2.75) is 37.9 Å². The lowest BCUT2D eigenvalue weighted by Crippen LogP contribution is -2.42. The molecule has 4 heterocycles. The highest BCUT2D eigenvalue weighted by Gasteiger charge is 2.52. The lowest BCUT2D eigenvalue weighted by molar-refractivity contribution is -0.136. The number of urea groups is 1. The molecule has 14 heteroatoms. The molecule has 6 rings (SSSR count). The number of nitrogens with one attached hydrogen (secondary N) is 2. The van der Waals surface area contributed by atoms with Gasteiger partial charge in [-0.1, -0.05) is 12.1 Å². The number of carbonyl (C=O) groups excluding carboxylic acids is 2. The van der Waals surface area contributed by atoms with E-state index < -0.39 is 24.2 Å². The number of carbonyl (C=O) groups is 2. The number of fused-ring (bicyclic) bond motifs is 1. The van der Waals surface area contributed by atoms with Crippen LogP contribution in [0.15, 0.2) is 55.1 Å². The number of alkyl halides is 3. The van der Waals surface area contributed by atoms with Gasteiger partial charge in [0.25, 0.3) is 0 Å². The van der Waals surface area contributed by atoms with Gasteiger partial charge in [0, 0.05) is 41.7 Å².